The number of rotatable bonds is 10. The lowest BCUT2D eigenvalue weighted by Crippen LogP contribution is -2.25. The summed E-state index contributed by atoms with van der Waals surface area (Å²) in [6.07, 6.45) is 5.71. The van der Waals surface area contributed by atoms with Crippen molar-refractivity contribution in [3.05, 3.63) is 29.3 Å². The first kappa shape index (κ1) is 17.2. The van der Waals surface area contributed by atoms with E-state index < -0.39 is 17.7 Å². The van der Waals surface area contributed by atoms with Crippen LogP contribution in [0.4, 0.5) is 0 Å². The summed E-state index contributed by atoms with van der Waals surface area (Å²) in [5, 5.41) is 0. The minimum atomic E-state index is -1.34. The van der Waals surface area contributed by atoms with E-state index in [9.17, 15) is 14.4 Å². The van der Waals surface area contributed by atoms with E-state index in [1.165, 1.54) is 25.7 Å². The molecule has 1 aromatic rings. The van der Waals surface area contributed by atoms with Gasteiger partial charge < -0.3 is 9.47 Å². The number of carbonyl (C=O) groups excluding carboxylic acids is 3. The van der Waals surface area contributed by atoms with E-state index in [-0.39, 0.29) is 17.6 Å². The Morgan fingerprint density at radius 2 is 1.70 bits per heavy atom. The zero-order chi connectivity index (χ0) is 16.7. The summed E-state index contributed by atoms with van der Waals surface area (Å²) in [5.74, 6) is -0.396. The molecule has 0 bridgehead atoms. The first-order chi connectivity index (χ1) is 11.2. The number of ether oxygens (including phenoxy) is 2. The molecule has 0 saturated heterocycles. The van der Waals surface area contributed by atoms with Gasteiger partial charge in [-0.25, -0.2) is 0 Å². The maximum Gasteiger partial charge on any atom is 0.294 e. The van der Waals surface area contributed by atoms with Crippen molar-refractivity contribution in [2.45, 2.75) is 51.6 Å². The molecule has 0 saturated carbocycles. The third kappa shape index (κ3) is 4.18. The fraction of sp³-hybridized carbons (Fsp3) is 0.500. The molecule has 1 unspecified atom stereocenters. The van der Waals surface area contributed by atoms with Crippen molar-refractivity contribution >= 4 is 18.0 Å². The average Bonchev–Trinajstić information content (AvgIpc) is 2.79. The number of ketones is 2. The van der Waals surface area contributed by atoms with Crippen molar-refractivity contribution in [1.82, 2.24) is 0 Å². The molecule has 1 aliphatic carbocycles. The first-order valence-electron chi connectivity index (χ1n) is 8.13. The first-order valence-corrected chi connectivity index (χ1v) is 8.13. The maximum atomic E-state index is 12.1. The van der Waals surface area contributed by atoms with Crippen LogP contribution in [0.2, 0.25) is 0 Å². The molecule has 1 aliphatic rings. The smallest absolute Gasteiger partial charge is 0.294 e. The molecule has 0 aliphatic heterocycles. The Morgan fingerprint density at radius 3 is 2.43 bits per heavy atom. The van der Waals surface area contributed by atoms with Crippen molar-refractivity contribution in [2.24, 2.45) is 0 Å². The normalized spacial score (nSPS) is 16.3. The number of carbonyl (C=O) groups is 3. The fourth-order valence-electron chi connectivity index (χ4n) is 2.68. The highest BCUT2D eigenvalue weighted by molar-refractivity contribution is 6.29. The molecule has 0 amide bonds. The van der Waals surface area contributed by atoms with E-state index in [0.717, 1.165) is 12.8 Å². The summed E-state index contributed by atoms with van der Waals surface area (Å²) in [6.45, 7) is 2.90. The van der Waals surface area contributed by atoms with Crippen LogP contribution >= 0.6 is 0 Å². The van der Waals surface area contributed by atoms with Crippen molar-refractivity contribution < 1.29 is 23.9 Å². The predicted octanol–water partition coefficient (Wildman–Crippen LogP) is 3.35. The number of Topliss-reactive ketones (excluding diaryl/α,β-unsaturated/α-hetero) is 2. The molecular weight excluding hydrogens is 296 g/mol. The van der Waals surface area contributed by atoms with E-state index in [2.05, 4.69) is 11.7 Å². The second kappa shape index (κ2) is 8.46. The molecule has 124 valence electrons. The van der Waals surface area contributed by atoms with Crippen LogP contribution < -0.4 is 4.74 Å². The SMILES string of the molecule is CCCCCCCCOc1ccc2c(c1)C(=O)C(OC=O)C2=O. The van der Waals surface area contributed by atoms with Crippen LogP contribution in [0.5, 0.6) is 5.75 Å². The third-order valence-electron chi connectivity index (χ3n) is 3.96. The van der Waals surface area contributed by atoms with Gasteiger partial charge in [0.15, 0.2) is 0 Å². The number of unbranched alkanes of at least 4 members (excludes halogenated alkanes) is 5. The predicted molar refractivity (Wildman–Crippen MR) is 84.9 cm³/mol. The van der Waals surface area contributed by atoms with Gasteiger partial charge in [0.25, 0.3) is 6.47 Å². The van der Waals surface area contributed by atoms with E-state index in [0.29, 0.717) is 12.4 Å². The van der Waals surface area contributed by atoms with Gasteiger partial charge in [-0.2, -0.15) is 0 Å². The Kier molecular flexibility index (Phi) is 6.32. The van der Waals surface area contributed by atoms with Crippen LogP contribution in [0.1, 0.15) is 66.2 Å². The molecule has 1 aromatic carbocycles. The summed E-state index contributed by atoms with van der Waals surface area (Å²) in [5.41, 5.74) is 0.552. The minimum absolute atomic E-state index is 0.127. The van der Waals surface area contributed by atoms with Crippen LogP contribution in [-0.4, -0.2) is 30.7 Å². The van der Waals surface area contributed by atoms with Crippen LogP contribution in [0.15, 0.2) is 18.2 Å². The Hall–Kier alpha value is -2.17. The van der Waals surface area contributed by atoms with Gasteiger partial charge in [0.1, 0.15) is 5.75 Å². The van der Waals surface area contributed by atoms with Crippen LogP contribution in [0.3, 0.4) is 0 Å². The van der Waals surface area contributed by atoms with Crippen molar-refractivity contribution in [3.8, 4) is 5.75 Å². The minimum Gasteiger partial charge on any atom is -0.494 e. The van der Waals surface area contributed by atoms with Crippen molar-refractivity contribution in [3.63, 3.8) is 0 Å². The van der Waals surface area contributed by atoms with Gasteiger partial charge in [-0.1, -0.05) is 39.0 Å². The number of fused-ring (bicyclic) bond motifs is 1. The fourth-order valence-corrected chi connectivity index (χ4v) is 2.68. The Labute approximate surface area is 136 Å². The molecule has 0 aromatic heterocycles. The van der Waals surface area contributed by atoms with E-state index in [1.807, 2.05) is 0 Å². The van der Waals surface area contributed by atoms with Crippen LogP contribution in [-0.2, 0) is 9.53 Å². The molecule has 0 radical (unpaired) electrons. The van der Waals surface area contributed by atoms with Crippen LogP contribution in [0.25, 0.3) is 0 Å². The molecule has 5 heteroatoms. The maximum absolute atomic E-state index is 12.1. The highest BCUT2D eigenvalue weighted by Crippen LogP contribution is 2.28. The molecule has 0 N–H and O–H groups in total. The van der Waals surface area contributed by atoms with Gasteiger partial charge in [-0.15, -0.1) is 0 Å². The Bertz CT molecular complexity index is 579. The summed E-state index contributed by atoms with van der Waals surface area (Å²) in [4.78, 5) is 34.4. The van der Waals surface area contributed by atoms with E-state index in [4.69, 9.17) is 4.74 Å². The zero-order valence-electron chi connectivity index (χ0n) is 13.4. The largest absolute Gasteiger partial charge is 0.494 e. The Morgan fingerprint density at radius 1 is 1.00 bits per heavy atom. The van der Waals surface area contributed by atoms with Gasteiger partial charge >= 0.3 is 0 Å². The second-order valence-corrected chi connectivity index (χ2v) is 5.66. The van der Waals surface area contributed by atoms with Crippen LogP contribution in [0, 0.1) is 0 Å². The molecular formula is C18H22O5. The summed E-state index contributed by atoms with van der Waals surface area (Å²) >= 11 is 0. The quantitative estimate of drug-likeness (QED) is 0.376. The standard InChI is InChI=1S/C18H22O5/c1-2-3-4-5-6-7-10-22-13-8-9-14-15(11-13)17(21)18(16(14)20)23-12-19/h8-9,11-12,18H,2-7,10H2,1H3. The molecule has 0 fully saturated rings. The molecule has 23 heavy (non-hydrogen) atoms. The topological polar surface area (TPSA) is 69.7 Å². The molecule has 5 nitrogen and oxygen atoms in total. The van der Waals surface area contributed by atoms with E-state index in [1.54, 1.807) is 18.2 Å². The summed E-state index contributed by atoms with van der Waals surface area (Å²) < 4.78 is 10.2. The van der Waals surface area contributed by atoms with E-state index >= 15 is 0 Å². The van der Waals surface area contributed by atoms with Gasteiger partial charge in [0.05, 0.1) is 6.61 Å². The monoisotopic (exact) mass is 318 g/mol. The Balaban J connectivity index is 1.86. The molecule has 1 atom stereocenters. The molecule has 0 heterocycles. The second-order valence-electron chi connectivity index (χ2n) is 5.66. The summed E-state index contributed by atoms with van der Waals surface area (Å²) in [7, 11) is 0. The van der Waals surface area contributed by atoms with Gasteiger partial charge in [-0.3, -0.25) is 14.4 Å². The van der Waals surface area contributed by atoms with Gasteiger partial charge in [0, 0.05) is 11.1 Å². The number of hydrogen-bond donors (Lipinski definition) is 0. The lowest BCUT2D eigenvalue weighted by Gasteiger charge is -2.07. The number of hydrogen-bond acceptors (Lipinski definition) is 5. The average molecular weight is 318 g/mol. The lowest BCUT2D eigenvalue weighted by molar-refractivity contribution is -0.130. The highest BCUT2D eigenvalue weighted by Gasteiger charge is 2.40. The third-order valence-corrected chi connectivity index (χ3v) is 3.96. The van der Waals surface area contributed by atoms with Crippen molar-refractivity contribution in [2.75, 3.05) is 6.61 Å². The summed E-state index contributed by atoms with van der Waals surface area (Å²) in [6, 6.07) is 4.78. The zero-order valence-corrected chi connectivity index (χ0v) is 13.4. The lowest BCUT2D eigenvalue weighted by atomic mass is 10.1. The highest BCUT2D eigenvalue weighted by atomic mass is 16.5. The van der Waals surface area contributed by atoms with Crippen molar-refractivity contribution in [1.29, 1.82) is 0 Å². The molecule has 2 rings (SSSR count). The number of benzene rings is 1. The van der Waals surface area contributed by atoms with Gasteiger partial charge in [0.2, 0.25) is 17.7 Å². The van der Waals surface area contributed by atoms with Gasteiger partial charge in [-0.05, 0) is 24.6 Å². The molecule has 0 spiro atoms.